The van der Waals surface area contributed by atoms with Crippen molar-refractivity contribution in [1.82, 2.24) is 0 Å². The van der Waals surface area contributed by atoms with Gasteiger partial charge in [-0.05, 0) is 12.8 Å². The van der Waals surface area contributed by atoms with Crippen molar-refractivity contribution < 1.29 is 9.47 Å². The van der Waals surface area contributed by atoms with E-state index in [9.17, 15) is 5.26 Å². The Morgan fingerprint density at radius 2 is 2.00 bits per heavy atom. The molecular formula is C11H14ClNO2. The quantitative estimate of drug-likeness (QED) is 0.595. The van der Waals surface area contributed by atoms with Gasteiger partial charge in [0.25, 0.3) is 0 Å². The van der Waals surface area contributed by atoms with E-state index in [0.717, 1.165) is 12.8 Å². The van der Waals surface area contributed by atoms with Gasteiger partial charge in [0.1, 0.15) is 4.87 Å². The lowest BCUT2D eigenvalue weighted by atomic mass is 9.75. The monoisotopic (exact) mass is 227 g/mol. The molecule has 3 unspecified atom stereocenters. The molecule has 15 heavy (non-hydrogen) atoms. The zero-order valence-electron chi connectivity index (χ0n) is 8.75. The Hall–Kier alpha value is -0.300. The lowest BCUT2D eigenvalue weighted by Gasteiger charge is -2.41. The van der Waals surface area contributed by atoms with Gasteiger partial charge in [0, 0.05) is 17.8 Å². The first-order chi connectivity index (χ1) is 7.04. The van der Waals surface area contributed by atoms with Crippen molar-refractivity contribution in [3.63, 3.8) is 0 Å². The molecule has 0 aromatic heterocycles. The molecular weight excluding hydrogens is 214 g/mol. The van der Waals surface area contributed by atoms with Gasteiger partial charge in [-0.2, -0.15) is 5.26 Å². The summed E-state index contributed by atoms with van der Waals surface area (Å²) in [4.78, 5) is -0.710. The summed E-state index contributed by atoms with van der Waals surface area (Å²) in [5.74, 6) is -0.119. The second kappa shape index (κ2) is 2.68. The summed E-state index contributed by atoms with van der Waals surface area (Å²) < 4.78 is 11.5. The van der Waals surface area contributed by atoms with Crippen molar-refractivity contribution in [1.29, 1.82) is 5.26 Å². The van der Waals surface area contributed by atoms with Crippen LogP contribution in [0.5, 0.6) is 0 Å². The van der Waals surface area contributed by atoms with Crippen molar-refractivity contribution in [2.24, 2.45) is 11.3 Å². The maximum absolute atomic E-state index is 9.18. The number of fused-ring (bicyclic) bond motifs is 3. The van der Waals surface area contributed by atoms with Crippen LogP contribution in [0.1, 0.15) is 26.2 Å². The predicted molar refractivity (Wildman–Crippen MR) is 54.3 cm³/mol. The van der Waals surface area contributed by atoms with E-state index in [1.165, 1.54) is 0 Å². The molecule has 1 aliphatic heterocycles. The fourth-order valence-electron chi connectivity index (χ4n) is 3.56. The molecule has 1 saturated heterocycles. The number of alkyl halides is 1. The molecule has 2 aliphatic carbocycles. The van der Waals surface area contributed by atoms with Crippen molar-refractivity contribution in [3.8, 4) is 6.07 Å². The minimum absolute atomic E-state index is 0.154. The Balaban J connectivity index is 1.95. The first-order valence-corrected chi connectivity index (χ1v) is 5.80. The molecule has 0 N–H and O–H groups in total. The van der Waals surface area contributed by atoms with E-state index >= 15 is 0 Å². The van der Waals surface area contributed by atoms with Crippen molar-refractivity contribution in [2.45, 2.75) is 36.8 Å². The van der Waals surface area contributed by atoms with E-state index in [2.05, 4.69) is 13.0 Å². The summed E-state index contributed by atoms with van der Waals surface area (Å²) in [6.07, 6.45) is 2.41. The average molecular weight is 228 g/mol. The van der Waals surface area contributed by atoms with Crippen LogP contribution in [-0.4, -0.2) is 23.9 Å². The highest BCUT2D eigenvalue weighted by Crippen LogP contribution is 2.67. The molecule has 4 heteroatoms. The minimum Gasteiger partial charge on any atom is -0.347 e. The Kier molecular flexibility index (Phi) is 1.77. The van der Waals surface area contributed by atoms with E-state index < -0.39 is 10.7 Å². The van der Waals surface area contributed by atoms with Crippen molar-refractivity contribution in [2.75, 3.05) is 13.2 Å². The van der Waals surface area contributed by atoms with Gasteiger partial charge in [-0.3, -0.25) is 0 Å². The molecule has 0 amide bonds. The number of ether oxygens (including phenoxy) is 2. The molecule has 0 radical (unpaired) electrons. The fraction of sp³-hybridized carbons (Fsp3) is 0.909. The first kappa shape index (κ1) is 9.89. The Labute approximate surface area is 94.3 Å². The van der Waals surface area contributed by atoms with Crippen LogP contribution in [0.15, 0.2) is 0 Å². The molecule has 0 aromatic carbocycles. The number of hydrogen-bond donors (Lipinski definition) is 0. The second-order valence-corrected chi connectivity index (χ2v) is 5.91. The van der Waals surface area contributed by atoms with Gasteiger partial charge in [-0.15, -0.1) is 11.6 Å². The smallest absolute Gasteiger partial charge is 0.172 e. The predicted octanol–water partition coefficient (Wildman–Crippen LogP) is 2.05. The van der Waals surface area contributed by atoms with E-state index in [0.29, 0.717) is 25.6 Å². The van der Waals surface area contributed by atoms with Gasteiger partial charge in [0.15, 0.2) is 5.79 Å². The van der Waals surface area contributed by atoms with Gasteiger partial charge in [0.05, 0.1) is 19.3 Å². The number of nitriles is 1. The Morgan fingerprint density at radius 3 is 2.47 bits per heavy atom. The molecule has 3 aliphatic rings. The normalized spacial score (nSPS) is 51.1. The lowest BCUT2D eigenvalue weighted by molar-refractivity contribution is -0.196. The molecule has 3 fully saturated rings. The molecule has 82 valence electrons. The molecule has 3 nitrogen and oxygen atoms in total. The van der Waals surface area contributed by atoms with Crippen LogP contribution in [0.25, 0.3) is 0 Å². The molecule has 0 aromatic rings. The minimum atomic E-state index is -0.710. The van der Waals surface area contributed by atoms with Crippen LogP contribution in [0.4, 0.5) is 0 Å². The SMILES string of the molecule is CC12CC(CC1(Cl)C#N)C1(C2)OCCO1. The van der Waals surface area contributed by atoms with Crippen LogP contribution in [0, 0.1) is 22.7 Å². The highest BCUT2D eigenvalue weighted by molar-refractivity contribution is 6.26. The average Bonchev–Trinajstić information content (AvgIpc) is 2.80. The van der Waals surface area contributed by atoms with Gasteiger partial charge in [-0.25, -0.2) is 0 Å². The van der Waals surface area contributed by atoms with Crippen LogP contribution < -0.4 is 0 Å². The standard InChI is InChI=1S/C11H14ClNO2/c1-9-4-8(5-10(9,12)7-13)11(6-9)14-2-3-15-11/h8H,2-6H2,1H3. The summed E-state index contributed by atoms with van der Waals surface area (Å²) >= 11 is 6.38. The number of hydrogen-bond acceptors (Lipinski definition) is 3. The second-order valence-electron chi connectivity index (χ2n) is 5.26. The van der Waals surface area contributed by atoms with Gasteiger partial charge >= 0.3 is 0 Å². The molecule has 2 bridgehead atoms. The zero-order chi connectivity index (χ0) is 10.7. The Bertz CT molecular complexity index is 347. The van der Waals surface area contributed by atoms with Crippen molar-refractivity contribution in [3.05, 3.63) is 0 Å². The van der Waals surface area contributed by atoms with E-state index in [-0.39, 0.29) is 5.41 Å². The highest BCUT2D eigenvalue weighted by atomic mass is 35.5. The largest absolute Gasteiger partial charge is 0.347 e. The number of rotatable bonds is 0. The topological polar surface area (TPSA) is 42.2 Å². The fourth-order valence-corrected chi connectivity index (χ4v) is 3.89. The maximum Gasteiger partial charge on any atom is 0.172 e. The molecule has 3 atom stereocenters. The van der Waals surface area contributed by atoms with Crippen LogP contribution in [0.2, 0.25) is 0 Å². The van der Waals surface area contributed by atoms with Gasteiger partial charge < -0.3 is 9.47 Å². The number of nitrogens with zero attached hydrogens (tertiary/aromatic N) is 1. The summed E-state index contributed by atoms with van der Waals surface area (Å²) in [5, 5.41) is 9.18. The first-order valence-electron chi connectivity index (χ1n) is 5.42. The zero-order valence-corrected chi connectivity index (χ0v) is 9.51. The number of halogens is 1. The summed E-state index contributed by atoms with van der Waals surface area (Å²) in [5.41, 5.74) is -0.154. The Morgan fingerprint density at radius 1 is 1.33 bits per heavy atom. The van der Waals surface area contributed by atoms with E-state index in [1.54, 1.807) is 0 Å². The van der Waals surface area contributed by atoms with Gasteiger partial charge in [0.2, 0.25) is 0 Å². The van der Waals surface area contributed by atoms with Gasteiger partial charge in [-0.1, -0.05) is 6.92 Å². The van der Waals surface area contributed by atoms with Crippen LogP contribution in [0.3, 0.4) is 0 Å². The maximum atomic E-state index is 9.18. The summed E-state index contributed by atoms with van der Waals surface area (Å²) in [6.45, 7) is 3.44. The van der Waals surface area contributed by atoms with Crippen LogP contribution in [-0.2, 0) is 9.47 Å². The highest BCUT2D eigenvalue weighted by Gasteiger charge is 2.70. The third kappa shape index (κ3) is 1.03. The third-order valence-electron chi connectivity index (χ3n) is 4.39. The summed E-state index contributed by atoms with van der Waals surface area (Å²) in [6, 6.07) is 2.27. The third-order valence-corrected chi connectivity index (χ3v) is 5.09. The molecule has 1 heterocycles. The molecule has 1 spiro atoms. The summed E-state index contributed by atoms with van der Waals surface area (Å²) in [7, 11) is 0. The molecule has 3 rings (SSSR count). The van der Waals surface area contributed by atoms with E-state index in [1.807, 2.05) is 0 Å². The van der Waals surface area contributed by atoms with Crippen molar-refractivity contribution >= 4 is 11.6 Å². The molecule has 2 saturated carbocycles. The lowest BCUT2D eigenvalue weighted by Crippen LogP contribution is -2.47. The van der Waals surface area contributed by atoms with Crippen LogP contribution >= 0.6 is 11.6 Å². The van der Waals surface area contributed by atoms with E-state index in [4.69, 9.17) is 21.1 Å².